The van der Waals surface area contributed by atoms with Crippen molar-refractivity contribution in [1.29, 1.82) is 0 Å². The topological polar surface area (TPSA) is 32.3 Å². The quantitative estimate of drug-likeness (QED) is 0.856. The first-order chi connectivity index (χ1) is 8.66. The van der Waals surface area contributed by atoms with E-state index in [1.54, 1.807) is 0 Å². The van der Waals surface area contributed by atoms with E-state index < -0.39 is 0 Å². The van der Waals surface area contributed by atoms with Crippen LogP contribution in [0.25, 0.3) is 0 Å². The molecule has 1 fully saturated rings. The summed E-state index contributed by atoms with van der Waals surface area (Å²) in [5.74, 6) is 0.590. The average Bonchev–Trinajstić information content (AvgIpc) is 2.38. The van der Waals surface area contributed by atoms with E-state index in [1.807, 2.05) is 0 Å². The van der Waals surface area contributed by atoms with Crippen LogP contribution >= 0.6 is 0 Å². The maximum atomic E-state index is 9.90. The zero-order valence-electron chi connectivity index (χ0n) is 11.5. The average molecular weight is 247 g/mol. The Kier molecular flexibility index (Phi) is 4.79. The van der Waals surface area contributed by atoms with E-state index in [-0.39, 0.29) is 12.1 Å². The van der Waals surface area contributed by atoms with Gasteiger partial charge in [0.15, 0.2) is 0 Å². The Morgan fingerprint density at radius 2 is 1.83 bits per heavy atom. The van der Waals surface area contributed by atoms with Gasteiger partial charge in [0.05, 0.1) is 6.10 Å². The molecule has 0 saturated heterocycles. The van der Waals surface area contributed by atoms with Crippen molar-refractivity contribution in [2.24, 2.45) is 0 Å². The summed E-state index contributed by atoms with van der Waals surface area (Å²) < 4.78 is 0. The second-order valence-electron chi connectivity index (χ2n) is 5.74. The van der Waals surface area contributed by atoms with Gasteiger partial charge in [-0.25, -0.2) is 0 Å². The zero-order chi connectivity index (χ0) is 13.0. The van der Waals surface area contributed by atoms with Gasteiger partial charge >= 0.3 is 0 Å². The molecule has 0 aromatic heterocycles. The van der Waals surface area contributed by atoms with Crippen molar-refractivity contribution < 1.29 is 5.11 Å². The number of benzene rings is 1. The lowest BCUT2D eigenvalue weighted by Gasteiger charge is -2.28. The predicted molar refractivity (Wildman–Crippen MR) is 75.6 cm³/mol. The van der Waals surface area contributed by atoms with E-state index in [9.17, 15) is 5.11 Å². The summed E-state index contributed by atoms with van der Waals surface area (Å²) in [6, 6.07) is 9.08. The van der Waals surface area contributed by atoms with Crippen molar-refractivity contribution in [1.82, 2.24) is 5.32 Å². The molecular formula is C16H25NO. The minimum Gasteiger partial charge on any atom is -0.392 e. The van der Waals surface area contributed by atoms with Crippen molar-refractivity contribution in [3.05, 3.63) is 35.4 Å². The van der Waals surface area contributed by atoms with Crippen LogP contribution in [0.15, 0.2) is 24.3 Å². The molecule has 0 unspecified atom stereocenters. The van der Waals surface area contributed by atoms with Crippen molar-refractivity contribution in [3.8, 4) is 0 Å². The third-order valence-corrected chi connectivity index (χ3v) is 3.94. The standard InChI is InChI=1S/C16H25NO/c1-12(2)14-9-7-13(8-10-14)11-17-15-5-3-4-6-16(15)18/h7-10,12,15-18H,3-6,11H2,1-2H3/t15-,16-/m1/s1. The lowest BCUT2D eigenvalue weighted by atomic mass is 9.92. The molecular weight excluding hydrogens is 222 g/mol. The predicted octanol–water partition coefficient (Wildman–Crippen LogP) is 3.20. The van der Waals surface area contributed by atoms with Gasteiger partial charge in [-0.2, -0.15) is 0 Å². The van der Waals surface area contributed by atoms with Crippen LogP contribution in [0.3, 0.4) is 0 Å². The Morgan fingerprint density at radius 1 is 1.17 bits per heavy atom. The van der Waals surface area contributed by atoms with Crippen LogP contribution in [0.5, 0.6) is 0 Å². The van der Waals surface area contributed by atoms with Crippen molar-refractivity contribution >= 4 is 0 Å². The van der Waals surface area contributed by atoms with E-state index in [0.717, 1.165) is 19.4 Å². The minimum absolute atomic E-state index is 0.159. The summed E-state index contributed by atoms with van der Waals surface area (Å²) >= 11 is 0. The zero-order valence-corrected chi connectivity index (χ0v) is 11.5. The van der Waals surface area contributed by atoms with Crippen molar-refractivity contribution in [2.75, 3.05) is 0 Å². The summed E-state index contributed by atoms with van der Waals surface area (Å²) in [5.41, 5.74) is 2.69. The van der Waals surface area contributed by atoms with Gasteiger partial charge in [-0.1, -0.05) is 51.0 Å². The van der Waals surface area contributed by atoms with Gasteiger partial charge in [-0.15, -0.1) is 0 Å². The lowest BCUT2D eigenvalue weighted by Crippen LogP contribution is -2.41. The summed E-state index contributed by atoms with van der Waals surface area (Å²) in [7, 11) is 0. The normalized spacial score (nSPS) is 24.4. The first-order valence-corrected chi connectivity index (χ1v) is 7.17. The number of aliphatic hydroxyl groups is 1. The summed E-state index contributed by atoms with van der Waals surface area (Å²) in [5, 5.41) is 13.4. The van der Waals surface area contributed by atoms with E-state index in [4.69, 9.17) is 0 Å². The smallest absolute Gasteiger partial charge is 0.0693 e. The van der Waals surface area contributed by atoms with Gasteiger partial charge in [-0.05, 0) is 29.9 Å². The van der Waals surface area contributed by atoms with Gasteiger partial charge in [-0.3, -0.25) is 0 Å². The van der Waals surface area contributed by atoms with Crippen LogP contribution in [0.2, 0.25) is 0 Å². The first kappa shape index (κ1) is 13.6. The molecule has 2 N–H and O–H groups in total. The summed E-state index contributed by atoms with van der Waals surface area (Å²) in [4.78, 5) is 0. The monoisotopic (exact) mass is 247 g/mol. The summed E-state index contributed by atoms with van der Waals surface area (Å²) in [6.07, 6.45) is 4.30. The number of rotatable bonds is 4. The molecule has 0 bridgehead atoms. The molecule has 2 atom stereocenters. The third kappa shape index (κ3) is 3.56. The van der Waals surface area contributed by atoms with Gasteiger partial charge < -0.3 is 10.4 Å². The Balaban J connectivity index is 1.85. The van der Waals surface area contributed by atoms with Crippen LogP contribution < -0.4 is 5.32 Å². The highest BCUT2D eigenvalue weighted by Gasteiger charge is 2.21. The first-order valence-electron chi connectivity index (χ1n) is 7.17. The number of hydrogen-bond acceptors (Lipinski definition) is 2. The molecule has 0 amide bonds. The number of hydrogen-bond donors (Lipinski definition) is 2. The fraction of sp³-hybridized carbons (Fsp3) is 0.625. The maximum absolute atomic E-state index is 9.90. The van der Waals surface area contributed by atoms with Gasteiger partial charge in [0.2, 0.25) is 0 Å². The second-order valence-corrected chi connectivity index (χ2v) is 5.74. The highest BCUT2D eigenvalue weighted by atomic mass is 16.3. The molecule has 2 rings (SSSR count). The largest absolute Gasteiger partial charge is 0.392 e. The highest BCUT2D eigenvalue weighted by molar-refractivity contribution is 5.24. The SMILES string of the molecule is CC(C)c1ccc(CN[C@@H]2CCCC[C@H]2O)cc1. The third-order valence-electron chi connectivity index (χ3n) is 3.94. The van der Waals surface area contributed by atoms with Crippen LogP contribution in [0.4, 0.5) is 0 Å². The Bertz CT molecular complexity index is 358. The molecule has 1 aromatic rings. The van der Waals surface area contributed by atoms with Gasteiger partial charge in [0.1, 0.15) is 0 Å². The van der Waals surface area contributed by atoms with Crippen LogP contribution in [0.1, 0.15) is 56.6 Å². The minimum atomic E-state index is -0.159. The van der Waals surface area contributed by atoms with Gasteiger partial charge in [0, 0.05) is 12.6 Å². The van der Waals surface area contributed by atoms with E-state index in [0.29, 0.717) is 5.92 Å². The van der Waals surface area contributed by atoms with Crippen molar-refractivity contribution in [2.45, 2.75) is 64.1 Å². The molecule has 0 radical (unpaired) electrons. The van der Waals surface area contributed by atoms with E-state index in [1.165, 1.54) is 24.0 Å². The summed E-state index contributed by atoms with van der Waals surface area (Å²) in [6.45, 7) is 5.29. The molecule has 100 valence electrons. The molecule has 18 heavy (non-hydrogen) atoms. The molecule has 0 heterocycles. The maximum Gasteiger partial charge on any atom is 0.0693 e. The number of nitrogens with one attached hydrogen (secondary N) is 1. The van der Waals surface area contributed by atoms with Gasteiger partial charge in [0.25, 0.3) is 0 Å². The molecule has 2 nitrogen and oxygen atoms in total. The molecule has 1 saturated carbocycles. The van der Waals surface area contributed by atoms with Crippen LogP contribution in [0, 0.1) is 0 Å². The fourth-order valence-electron chi connectivity index (χ4n) is 2.62. The molecule has 0 aliphatic heterocycles. The Labute approximate surface area is 110 Å². The van der Waals surface area contributed by atoms with Crippen LogP contribution in [-0.4, -0.2) is 17.3 Å². The fourth-order valence-corrected chi connectivity index (χ4v) is 2.62. The highest BCUT2D eigenvalue weighted by Crippen LogP contribution is 2.19. The molecule has 0 spiro atoms. The second kappa shape index (κ2) is 6.35. The molecule has 2 heteroatoms. The Morgan fingerprint density at radius 3 is 2.44 bits per heavy atom. The van der Waals surface area contributed by atoms with Crippen molar-refractivity contribution in [3.63, 3.8) is 0 Å². The Hall–Kier alpha value is -0.860. The molecule has 1 aliphatic rings. The van der Waals surface area contributed by atoms with Crippen LogP contribution in [-0.2, 0) is 6.54 Å². The lowest BCUT2D eigenvalue weighted by molar-refractivity contribution is 0.0902. The number of aliphatic hydroxyl groups excluding tert-OH is 1. The molecule has 1 aromatic carbocycles. The van der Waals surface area contributed by atoms with E-state index >= 15 is 0 Å². The molecule has 1 aliphatic carbocycles. The van der Waals surface area contributed by atoms with E-state index in [2.05, 4.69) is 43.4 Å².